The maximum absolute atomic E-state index is 12.2. The van der Waals surface area contributed by atoms with Gasteiger partial charge in [0, 0.05) is 5.69 Å². The molecule has 0 unspecified atom stereocenters. The van der Waals surface area contributed by atoms with Gasteiger partial charge in [-0.3, -0.25) is 4.79 Å². The Morgan fingerprint density at radius 1 is 1.07 bits per heavy atom. The fourth-order valence-corrected chi connectivity index (χ4v) is 2.35. The van der Waals surface area contributed by atoms with Gasteiger partial charge in [0.25, 0.3) is 5.91 Å². The van der Waals surface area contributed by atoms with Crippen LogP contribution in [-0.4, -0.2) is 31.4 Å². The smallest absolute Gasteiger partial charge is 0.262 e. The summed E-state index contributed by atoms with van der Waals surface area (Å²) < 4.78 is 11.0. The summed E-state index contributed by atoms with van der Waals surface area (Å²) in [5, 5.41) is 7.16. The number of amides is 1. The highest BCUT2D eigenvalue weighted by Crippen LogP contribution is 2.28. The summed E-state index contributed by atoms with van der Waals surface area (Å²) in [6.07, 6.45) is 1.62. The number of aryl methyl sites for hydroxylation is 1. The molecule has 27 heavy (non-hydrogen) atoms. The molecule has 0 spiro atoms. The Hall–Kier alpha value is -3.02. The largest absolute Gasteiger partial charge is 0.493 e. The first-order chi connectivity index (χ1) is 12.9. The minimum absolute atomic E-state index is 0.0558. The van der Waals surface area contributed by atoms with Gasteiger partial charge in [-0.05, 0) is 63.6 Å². The van der Waals surface area contributed by atoms with Crippen molar-refractivity contribution in [3.8, 4) is 11.5 Å². The minimum Gasteiger partial charge on any atom is -0.493 e. The van der Waals surface area contributed by atoms with Crippen molar-refractivity contribution in [3.05, 3.63) is 53.6 Å². The number of nitrogens with one attached hydrogen (secondary N) is 2. The number of nitrogens with zero attached hydrogens (tertiary/aromatic N) is 1. The lowest BCUT2D eigenvalue weighted by Crippen LogP contribution is -2.34. The molecule has 2 aromatic carbocycles. The van der Waals surface area contributed by atoms with E-state index < -0.39 is 6.04 Å². The second kappa shape index (κ2) is 9.62. The fraction of sp³-hybridized carbons (Fsp3) is 0.333. The quantitative estimate of drug-likeness (QED) is 0.549. The lowest BCUT2D eigenvalue weighted by Gasteiger charge is -2.14. The second-order valence-electron chi connectivity index (χ2n) is 6.54. The molecular formula is C21H27N3O3. The Kier molecular flexibility index (Phi) is 7.23. The van der Waals surface area contributed by atoms with E-state index in [2.05, 4.69) is 15.8 Å². The molecule has 0 aromatic heterocycles. The highest BCUT2D eigenvalue weighted by molar-refractivity contribution is 5.86. The van der Waals surface area contributed by atoms with Crippen LogP contribution in [-0.2, 0) is 4.79 Å². The lowest BCUT2D eigenvalue weighted by atomic mass is 10.2. The van der Waals surface area contributed by atoms with Gasteiger partial charge in [-0.15, -0.1) is 0 Å². The molecule has 0 aliphatic heterocycles. The van der Waals surface area contributed by atoms with E-state index in [9.17, 15) is 4.79 Å². The van der Waals surface area contributed by atoms with Crippen molar-refractivity contribution >= 4 is 17.8 Å². The minimum atomic E-state index is -0.416. The van der Waals surface area contributed by atoms with E-state index in [4.69, 9.17) is 9.47 Å². The van der Waals surface area contributed by atoms with Crippen LogP contribution in [0.15, 0.2) is 47.6 Å². The average molecular weight is 369 g/mol. The van der Waals surface area contributed by atoms with Gasteiger partial charge in [-0.25, -0.2) is 5.43 Å². The molecule has 2 aromatic rings. The van der Waals surface area contributed by atoms with Crippen molar-refractivity contribution in [1.29, 1.82) is 0 Å². The number of benzene rings is 2. The molecule has 1 amide bonds. The SMILES string of the molecule is COc1cc(/C=N\NC(=O)[C@H](C)Nc2ccc(C)cc2)ccc1OC(C)C. The van der Waals surface area contributed by atoms with Crippen LogP contribution in [0.4, 0.5) is 5.69 Å². The summed E-state index contributed by atoms with van der Waals surface area (Å²) in [7, 11) is 1.59. The summed E-state index contributed by atoms with van der Waals surface area (Å²) >= 11 is 0. The first kappa shape index (κ1) is 20.3. The summed E-state index contributed by atoms with van der Waals surface area (Å²) in [5.74, 6) is 1.07. The number of hydrazone groups is 1. The van der Waals surface area contributed by atoms with Crippen molar-refractivity contribution in [2.24, 2.45) is 5.10 Å². The number of carbonyl (C=O) groups excluding carboxylic acids is 1. The van der Waals surface area contributed by atoms with Crippen LogP contribution < -0.4 is 20.2 Å². The Morgan fingerprint density at radius 2 is 1.78 bits per heavy atom. The van der Waals surface area contributed by atoms with Gasteiger partial charge in [0.2, 0.25) is 0 Å². The molecule has 0 saturated heterocycles. The van der Waals surface area contributed by atoms with E-state index in [1.165, 1.54) is 5.56 Å². The van der Waals surface area contributed by atoms with Crippen molar-refractivity contribution in [2.45, 2.75) is 39.8 Å². The molecule has 6 heteroatoms. The van der Waals surface area contributed by atoms with Crippen molar-refractivity contribution in [2.75, 3.05) is 12.4 Å². The monoisotopic (exact) mass is 369 g/mol. The zero-order valence-corrected chi connectivity index (χ0v) is 16.4. The number of methoxy groups -OCH3 is 1. The van der Waals surface area contributed by atoms with E-state index in [-0.39, 0.29) is 12.0 Å². The zero-order valence-electron chi connectivity index (χ0n) is 16.4. The Bertz CT molecular complexity index is 786. The Labute approximate surface area is 160 Å². The molecule has 0 bridgehead atoms. The molecule has 6 nitrogen and oxygen atoms in total. The van der Waals surface area contributed by atoms with Crippen molar-refractivity contribution in [1.82, 2.24) is 5.43 Å². The number of hydrogen-bond acceptors (Lipinski definition) is 5. The molecular weight excluding hydrogens is 342 g/mol. The van der Waals surface area contributed by atoms with Gasteiger partial charge in [0.1, 0.15) is 6.04 Å². The van der Waals surface area contributed by atoms with E-state index in [0.717, 1.165) is 11.3 Å². The van der Waals surface area contributed by atoms with Gasteiger partial charge in [-0.2, -0.15) is 5.10 Å². The molecule has 2 rings (SSSR count). The number of rotatable bonds is 8. The normalized spacial score (nSPS) is 12.1. The number of anilines is 1. The standard InChI is InChI=1S/C21H27N3O3/c1-14(2)27-19-11-8-17(12-20(19)26-5)13-22-24-21(25)16(4)23-18-9-6-15(3)7-10-18/h6-14,16,23H,1-5H3,(H,24,25)/b22-13-/t16-/m0/s1. The molecule has 0 aliphatic rings. The Morgan fingerprint density at radius 3 is 2.41 bits per heavy atom. The van der Waals surface area contributed by atoms with E-state index in [0.29, 0.717) is 11.5 Å². The first-order valence-corrected chi connectivity index (χ1v) is 8.90. The van der Waals surface area contributed by atoms with E-state index >= 15 is 0 Å². The van der Waals surface area contributed by atoms with Crippen molar-refractivity contribution in [3.63, 3.8) is 0 Å². The number of hydrogen-bond donors (Lipinski definition) is 2. The van der Waals surface area contributed by atoms with Gasteiger partial charge in [0.05, 0.1) is 19.4 Å². The third-order valence-electron chi connectivity index (χ3n) is 3.77. The van der Waals surface area contributed by atoms with Gasteiger partial charge >= 0.3 is 0 Å². The van der Waals surface area contributed by atoms with Gasteiger partial charge < -0.3 is 14.8 Å². The predicted molar refractivity (Wildman–Crippen MR) is 109 cm³/mol. The molecule has 0 aliphatic carbocycles. The van der Waals surface area contributed by atoms with E-state index in [1.807, 2.05) is 57.2 Å². The number of carbonyl (C=O) groups is 1. The first-order valence-electron chi connectivity index (χ1n) is 8.90. The summed E-state index contributed by atoms with van der Waals surface area (Å²) in [6.45, 7) is 7.71. The maximum Gasteiger partial charge on any atom is 0.262 e. The topological polar surface area (TPSA) is 72.0 Å². The fourth-order valence-electron chi connectivity index (χ4n) is 2.35. The molecule has 0 radical (unpaired) electrons. The molecule has 0 heterocycles. The Balaban J connectivity index is 1.93. The van der Waals surface area contributed by atoms with Crippen LogP contribution >= 0.6 is 0 Å². The summed E-state index contributed by atoms with van der Waals surface area (Å²) in [4.78, 5) is 12.2. The second-order valence-corrected chi connectivity index (χ2v) is 6.54. The summed E-state index contributed by atoms with van der Waals surface area (Å²) in [5.41, 5.74) is 5.39. The third-order valence-corrected chi connectivity index (χ3v) is 3.77. The van der Waals surface area contributed by atoms with Gasteiger partial charge in [0.15, 0.2) is 11.5 Å². The van der Waals surface area contributed by atoms with Crippen LogP contribution in [0, 0.1) is 6.92 Å². The molecule has 1 atom stereocenters. The zero-order chi connectivity index (χ0) is 19.8. The van der Waals surface area contributed by atoms with Crippen LogP contribution in [0.3, 0.4) is 0 Å². The summed E-state index contributed by atoms with van der Waals surface area (Å²) in [6, 6.07) is 12.9. The number of ether oxygens (including phenoxy) is 2. The maximum atomic E-state index is 12.2. The highest BCUT2D eigenvalue weighted by Gasteiger charge is 2.11. The molecule has 0 fully saturated rings. The molecule has 144 valence electrons. The van der Waals surface area contributed by atoms with E-state index in [1.54, 1.807) is 26.3 Å². The molecule has 0 saturated carbocycles. The van der Waals surface area contributed by atoms with Gasteiger partial charge in [-0.1, -0.05) is 17.7 Å². The average Bonchev–Trinajstić information content (AvgIpc) is 2.64. The van der Waals surface area contributed by atoms with Crippen LogP contribution in [0.25, 0.3) is 0 Å². The molecule has 2 N–H and O–H groups in total. The van der Waals surface area contributed by atoms with Crippen LogP contribution in [0.1, 0.15) is 31.9 Å². The predicted octanol–water partition coefficient (Wildman–Crippen LogP) is 3.74. The van der Waals surface area contributed by atoms with Crippen LogP contribution in [0.5, 0.6) is 11.5 Å². The third kappa shape index (κ3) is 6.33. The van der Waals surface area contributed by atoms with Crippen molar-refractivity contribution < 1.29 is 14.3 Å². The van der Waals surface area contributed by atoms with Crippen LogP contribution in [0.2, 0.25) is 0 Å². The lowest BCUT2D eigenvalue weighted by molar-refractivity contribution is -0.121. The highest BCUT2D eigenvalue weighted by atomic mass is 16.5.